The molecule has 57 heavy (non-hydrogen) atoms. The average Bonchev–Trinajstić information content (AvgIpc) is 3.77. The van der Waals surface area contributed by atoms with Crippen LogP contribution in [0.2, 0.25) is 0 Å². The highest BCUT2D eigenvalue weighted by Crippen LogP contribution is 2.50. The molecule has 2 aromatic rings. The Morgan fingerprint density at radius 1 is 1.11 bits per heavy atom. The van der Waals surface area contributed by atoms with Crippen LogP contribution in [0.1, 0.15) is 106 Å². The van der Waals surface area contributed by atoms with E-state index in [0.29, 0.717) is 78.5 Å². The Kier molecular flexibility index (Phi) is 10.4. The quantitative estimate of drug-likeness (QED) is 0.297. The van der Waals surface area contributed by atoms with E-state index in [-0.39, 0.29) is 41.7 Å². The van der Waals surface area contributed by atoms with Gasteiger partial charge in [-0.15, -0.1) is 6.58 Å². The topological polar surface area (TPSA) is 120 Å². The van der Waals surface area contributed by atoms with E-state index in [4.69, 9.17) is 24.5 Å². The number of hydrogen-bond acceptors (Lipinski definition) is 10. The number of phenols is 1. The monoisotopic (exact) mass is 783 g/mol. The second-order valence-corrected chi connectivity index (χ2v) is 17.1. The third-order valence-corrected chi connectivity index (χ3v) is 13.6. The lowest BCUT2D eigenvalue weighted by molar-refractivity contribution is -0.0893. The fourth-order valence-electron chi connectivity index (χ4n) is 11.0. The van der Waals surface area contributed by atoms with Crippen molar-refractivity contribution in [2.75, 3.05) is 19.7 Å². The molecular weight excluding hydrogens is 729 g/mol. The highest BCUT2D eigenvalue weighted by Gasteiger charge is 2.51. The number of fused-ring (bicyclic) bond motifs is 4. The van der Waals surface area contributed by atoms with Crippen molar-refractivity contribution >= 4 is 23.6 Å². The molecule has 6 heterocycles. The zero-order valence-electron chi connectivity index (χ0n) is 33.1. The number of piperidine rings is 1. The summed E-state index contributed by atoms with van der Waals surface area (Å²) in [5.41, 5.74) is 3.84. The molecule has 2 saturated heterocycles. The number of amidine groups is 2. The summed E-state index contributed by atoms with van der Waals surface area (Å²) in [6.45, 7) is 11.2. The van der Waals surface area contributed by atoms with Crippen LogP contribution in [0.25, 0.3) is 6.08 Å². The molecule has 7 unspecified atom stereocenters. The van der Waals surface area contributed by atoms with E-state index in [0.717, 1.165) is 63.6 Å². The number of ether oxygens (including phenoxy) is 2. The van der Waals surface area contributed by atoms with E-state index >= 15 is 8.78 Å². The largest absolute Gasteiger partial charge is 0.508 e. The minimum Gasteiger partial charge on any atom is -0.508 e. The molecule has 1 saturated carbocycles. The van der Waals surface area contributed by atoms with E-state index < -0.39 is 24.3 Å². The smallest absolute Gasteiger partial charge is 0.314 e. The van der Waals surface area contributed by atoms with Gasteiger partial charge in [-0.25, -0.2) is 13.8 Å². The number of allylic oxidation sites excluding steroid dienone is 1. The molecule has 0 bridgehead atoms. The van der Waals surface area contributed by atoms with Crippen molar-refractivity contribution in [2.45, 2.75) is 140 Å². The van der Waals surface area contributed by atoms with Crippen LogP contribution in [0.4, 0.5) is 8.78 Å². The van der Waals surface area contributed by atoms with Gasteiger partial charge in [0.05, 0.1) is 49.1 Å². The van der Waals surface area contributed by atoms with Gasteiger partial charge in [0.2, 0.25) is 0 Å². The zero-order chi connectivity index (χ0) is 39.4. The van der Waals surface area contributed by atoms with Gasteiger partial charge in [0.15, 0.2) is 6.17 Å². The van der Waals surface area contributed by atoms with Gasteiger partial charge in [-0.3, -0.25) is 14.6 Å². The number of hydrogen-bond donors (Lipinski definition) is 2. The van der Waals surface area contributed by atoms with Gasteiger partial charge in [-0.1, -0.05) is 25.5 Å². The summed E-state index contributed by atoms with van der Waals surface area (Å²) in [5, 5.41) is 25.2. The normalized spacial score (nSPS) is 33.8. The maximum atomic E-state index is 17.5. The molecule has 2 aliphatic carbocycles. The van der Waals surface area contributed by atoms with Gasteiger partial charge < -0.3 is 24.6 Å². The summed E-state index contributed by atoms with van der Waals surface area (Å²) < 4.78 is 47.6. The minimum absolute atomic E-state index is 0.0331. The van der Waals surface area contributed by atoms with Gasteiger partial charge in [-0.2, -0.15) is 10.1 Å². The molecule has 7 aliphatic rings. The summed E-state index contributed by atoms with van der Waals surface area (Å²) in [7, 11) is 0. The van der Waals surface area contributed by atoms with E-state index in [1.807, 2.05) is 23.7 Å². The van der Waals surface area contributed by atoms with Crippen LogP contribution in [0, 0.1) is 5.41 Å². The number of aliphatic hydroxyl groups excluding tert-OH is 1. The van der Waals surface area contributed by atoms with E-state index in [9.17, 15) is 10.2 Å². The van der Waals surface area contributed by atoms with E-state index in [2.05, 4.69) is 28.4 Å². The minimum atomic E-state index is -1.71. The summed E-state index contributed by atoms with van der Waals surface area (Å²) in [4.78, 5) is 19.6. The molecule has 0 amide bonds. The van der Waals surface area contributed by atoms with Crippen LogP contribution in [0.5, 0.6) is 5.75 Å². The molecule has 0 radical (unpaired) electrons. The first-order valence-electron chi connectivity index (χ1n) is 21.0. The van der Waals surface area contributed by atoms with E-state index in [1.165, 1.54) is 12.1 Å². The lowest BCUT2D eigenvalue weighted by Gasteiger charge is -2.51. The standard InChI is InChI=1S/C44H55F2N7O4/c1-4-32-20-29(17-26(3)57-32)52-15-7-13-44(12-6-9-37(44)52)25-56-43-48-41-35(42(49-43)51-14-8-16-53-30(23-51)19-28(24-54)50-53)22-47-40(39(41)46)34-21-31(55)18-27-10-11-36(45)33(5-2)38(27)34/h4,10-11,18-19,21-22,26,29,32-33,36-37,39,41,54-55H,1,5-9,12-17,20,23-25H2,2-3H3/t26-,29?,32+,33?,36?,37?,39?,41?,44?/m1/s1. The van der Waals surface area contributed by atoms with Gasteiger partial charge in [0, 0.05) is 53.8 Å². The summed E-state index contributed by atoms with van der Waals surface area (Å²) in [5.74, 6) is 0.0246. The van der Waals surface area contributed by atoms with Crippen molar-refractivity contribution in [3.63, 3.8) is 0 Å². The van der Waals surface area contributed by atoms with Crippen LogP contribution < -0.4 is 0 Å². The Labute approximate surface area is 333 Å². The number of alkyl halides is 2. The van der Waals surface area contributed by atoms with Crippen LogP contribution in [0.3, 0.4) is 0 Å². The van der Waals surface area contributed by atoms with Crippen molar-refractivity contribution in [2.24, 2.45) is 20.4 Å². The molecule has 2 N–H and O–H groups in total. The molecule has 1 aromatic heterocycles. The fraction of sp³-hybridized carbons (Fsp3) is 0.591. The first kappa shape index (κ1) is 38.3. The Hall–Kier alpha value is -4.20. The summed E-state index contributed by atoms with van der Waals surface area (Å²) in [6.07, 6.45) is 12.6. The maximum Gasteiger partial charge on any atom is 0.314 e. The number of benzene rings is 1. The van der Waals surface area contributed by atoms with Crippen LogP contribution >= 0.6 is 0 Å². The molecule has 13 heteroatoms. The summed E-state index contributed by atoms with van der Waals surface area (Å²) >= 11 is 0. The number of aryl methyl sites for hydroxylation is 1. The Morgan fingerprint density at radius 2 is 1.96 bits per heavy atom. The van der Waals surface area contributed by atoms with Crippen molar-refractivity contribution in [3.05, 3.63) is 76.8 Å². The molecule has 1 aromatic carbocycles. The van der Waals surface area contributed by atoms with Crippen molar-refractivity contribution in [3.8, 4) is 5.75 Å². The third kappa shape index (κ3) is 6.97. The molecular formula is C44H55F2N7O4. The number of halogens is 2. The molecule has 9 atom stereocenters. The van der Waals surface area contributed by atoms with E-state index in [1.54, 1.807) is 18.3 Å². The lowest BCUT2D eigenvalue weighted by Crippen LogP contribution is -2.57. The van der Waals surface area contributed by atoms with Gasteiger partial charge in [0.1, 0.15) is 23.8 Å². The Bertz CT molecular complexity index is 2040. The van der Waals surface area contributed by atoms with Crippen LogP contribution in [-0.2, 0) is 29.2 Å². The Balaban J connectivity index is 1.06. The number of nitrogens with zero attached hydrogens (tertiary/aromatic N) is 7. The fourth-order valence-corrected chi connectivity index (χ4v) is 11.0. The lowest BCUT2D eigenvalue weighted by atomic mass is 9.74. The second-order valence-electron chi connectivity index (χ2n) is 17.1. The molecule has 3 fully saturated rings. The first-order chi connectivity index (χ1) is 27.7. The molecule has 5 aliphatic heterocycles. The van der Waals surface area contributed by atoms with Gasteiger partial charge in [0.25, 0.3) is 0 Å². The predicted molar refractivity (Wildman–Crippen MR) is 216 cm³/mol. The average molecular weight is 784 g/mol. The highest BCUT2D eigenvalue weighted by atomic mass is 19.1. The number of aromatic nitrogens is 2. The van der Waals surface area contributed by atoms with Crippen molar-refractivity contribution in [1.29, 1.82) is 0 Å². The molecule has 9 rings (SSSR count). The van der Waals surface area contributed by atoms with Crippen LogP contribution in [0.15, 0.2) is 63.7 Å². The number of likely N-dealkylation sites (tertiary alicyclic amines) is 1. The van der Waals surface area contributed by atoms with Crippen molar-refractivity contribution < 1.29 is 28.5 Å². The van der Waals surface area contributed by atoms with Gasteiger partial charge in [-0.05, 0) is 100 Å². The number of phenolic OH excluding ortho intramolecular Hbond substituents is 1. The highest BCUT2D eigenvalue weighted by molar-refractivity contribution is 6.13. The van der Waals surface area contributed by atoms with Gasteiger partial charge >= 0.3 is 6.02 Å². The molecule has 0 spiro atoms. The number of aliphatic hydroxyl groups is 1. The predicted octanol–water partition coefficient (Wildman–Crippen LogP) is 6.78. The number of rotatable bonds is 7. The first-order valence-corrected chi connectivity index (χ1v) is 21.0. The maximum absolute atomic E-state index is 17.5. The molecule has 304 valence electrons. The number of aromatic hydroxyl groups is 1. The second kappa shape index (κ2) is 15.5. The van der Waals surface area contributed by atoms with Crippen LogP contribution in [-0.4, -0.2) is 110 Å². The number of aliphatic imine (C=N–C) groups is 3. The Morgan fingerprint density at radius 3 is 2.79 bits per heavy atom. The SMILES string of the molecule is C=C[C@H]1CC(N2CCCC3(COC4=NC5C(=CN=C(c6cc(O)cc7c6C(CC)C(F)C=C7)C5F)C(N5CCCn6nc(CO)cc6C5)=N4)CCCC23)C[C@@H](C)O1. The molecule has 11 nitrogen and oxygen atoms in total. The zero-order valence-corrected chi connectivity index (χ0v) is 33.1. The summed E-state index contributed by atoms with van der Waals surface area (Å²) in [6, 6.07) is 4.93. The third-order valence-electron chi connectivity index (χ3n) is 13.6. The van der Waals surface area contributed by atoms with Crippen molar-refractivity contribution in [1.82, 2.24) is 19.6 Å².